The largest absolute Gasteiger partial charge is 0.497 e. The summed E-state index contributed by atoms with van der Waals surface area (Å²) in [5.74, 6) is -0.397. The maximum atomic E-state index is 14.9. The number of fused-ring (bicyclic) bond motifs is 5. The molecular formula is C114H101FO21. The van der Waals surface area contributed by atoms with Crippen LogP contribution >= 0.6 is 0 Å². The fourth-order valence-corrected chi connectivity index (χ4v) is 12.7. The van der Waals surface area contributed by atoms with Crippen molar-refractivity contribution in [1.29, 1.82) is 0 Å². The highest BCUT2D eigenvalue weighted by Gasteiger charge is 2.19. The van der Waals surface area contributed by atoms with Gasteiger partial charge in [-0.15, -0.1) is 0 Å². The molecule has 0 N–H and O–H groups in total. The van der Waals surface area contributed by atoms with Crippen LogP contribution in [-0.2, 0) is 55.9 Å². The number of carbonyl (C=O) groups excluding carboxylic acids is 8. The maximum Gasteiger partial charge on any atom is 0.344 e. The van der Waals surface area contributed by atoms with Crippen LogP contribution in [0.4, 0.5) is 4.39 Å². The third kappa shape index (κ3) is 28.7. The van der Waals surface area contributed by atoms with Crippen molar-refractivity contribution in [3.63, 3.8) is 0 Å². The van der Waals surface area contributed by atoms with Crippen LogP contribution in [0.5, 0.6) is 46.0 Å². The molecular weight excluding hydrogens is 1720 g/mol. The summed E-state index contributed by atoms with van der Waals surface area (Å²) >= 11 is 0. The van der Waals surface area contributed by atoms with E-state index in [9.17, 15) is 52.3 Å². The van der Waals surface area contributed by atoms with Gasteiger partial charge in [0.1, 0.15) is 63.0 Å². The lowest BCUT2D eigenvalue weighted by atomic mass is 9.98. The van der Waals surface area contributed by atoms with Crippen LogP contribution in [0.2, 0.25) is 0 Å². The molecule has 2 aromatic heterocycles. The average Bonchev–Trinajstić information content (AvgIpc) is 0.776. The molecule has 0 spiro atoms. The number of halogens is 1. The molecule has 0 amide bonds. The van der Waals surface area contributed by atoms with E-state index in [-0.39, 0.29) is 23.0 Å². The zero-order chi connectivity index (χ0) is 98.6. The standard InChI is InChI=1S/C29H27FO4.C23H22O4.C22H18O4.C20H16O5.C20H18O4/c1-19(2)28(31)33-17-5-6-21-7-9-22(10-8-21)24-13-16-26(27(30)18-24)23-11-14-25(15-12-23)34-29(32)20(3)4;1-4-5-6-16-7-8-18-14-20(23(25)27-21(18)13-16)17-9-11-19(12-10-17)26-22(24)15(2)3;1-13(2)21(23)25-17-7-9-19-15(11-17)5-6-16-12-18(8-10-20(16)19)26-22(24)14(3)4;1-12(2)19(21)24-16-9-6-14-10-17(20(22)25-18(14)11-16)13-4-7-15(23-3)8-5-13;1-13(2)19(21)23-17-9-5-15(6-10-17)16-7-11-18(12-8-16)24-20(22)14(3)4/h7-16,18H,1,3,5-6,17H2,2,4H3;7-14H,2,4-6H2,1,3H3;5-12H,1,3H2,2,4H3;4-11H,1H2,2-3H3;5-12H,1,3H2,2,4H3. The van der Waals surface area contributed by atoms with E-state index in [2.05, 4.69) is 65.6 Å². The SMILES string of the molecule is C=C(C)C(=O)OCCCc1ccc(-c2ccc(-c3ccc(OC(=O)C(=C)C)cc3)c(F)c2)cc1.C=C(C)C(=O)Oc1ccc(-c2cc3ccc(CCCC)cc3oc2=O)cc1.C=C(C)C(=O)Oc1ccc(-c2ccc(OC(=O)C(=C)C)cc2)cc1.C=C(C)C(=O)Oc1ccc2c(ccc3cc(OC(=O)C(=C)C)ccc32)c1.C=C(C)C(=O)Oc1ccc2cc(-c3ccc(OC)cc3)c(=O)oc2c1. The number of benzene rings is 12. The minimum absolute atomic E-state index is 0.288. The third-order valence-electron chi connectivity index (χ3n) is 20.2. The van der Waals surface area contributed by atoms with Gasteiger partial charge in [0.25, 0.3) is 0 Å². The molecule has 0 bridgehead atoms. The van der Waals surface area contributed by atoms with Gasteiger partial charge in [-0.25, -0.2) is 52.3 Å². The summed E-state index contributed by atoms with van der Waals surface area (Å²) < 4.78 is 72.4. The first-order chi connectivity index (χ1) is 64.9. The van der Waals surface area contributed by atoms with E-state index in [0.29, 0.717) is 137 Å². The number of aryl methyl sites for hydroxylation is 2. The molecule has 0 aliphatic carbocycles. The number of hydrogen-bond donors (Lipinski definition) is 0. The lowest BCUT2D eigenvalue weighted by molar-refractivity contribution is -0.139. The molecule has 0 atom stereocenters. The number of rotatable bonds is 28. The van der Waals surface area contributed by atoms with Crippen molar-refractivity contribution in [2.24, 2.45) is 0 Å². The number of carbonyl (C=O) groups is 8. The Morgan fingerprint density at radius 2 is 0.566 bits per heavy atom. The van der Waals surface area contributed by atoms with E-state index < -0.39 is 47.4 Å². The highest BCUT2D eigenvalue weighted by molar-refractivity contribution is 6.09. The Labute approximate surface area is 786 Å². The van der Waals surface area contributed by atoms with Crippen LogP contribution in [0, 0.1) is 5.82 Å². The van der Waals surface area contributed by atoms with Crippen LogP contribution in [0.1, 0.15) is 92.7 Å². The zero-order valence-corrected chi connectivity index (χ0v) is 77.2. The second kappa shape index (κ2) is 47.7. The topological polar surface area (TPSA) is 280 Å². The van der Waals surface area contributed by atoms with Crippen molar-refractivity contribution in [1.82, 2.24) is 0 Å². The summed E-state index contributed by atoms with van der Waals surface area (Å²) in [4.78, 5) is 117. The number of unbranched alkanes of at least 4 members (excludes halogenated alkanes) is 1. The molecule has 690 valence electrons. The van der Waals surface area contributed by atoms with E-state index in [4.69, 9.17) is 51.5 Å². The second-order valence-corrected chi connectivity index (χ2v) is 31.8. The van der Waals surface area contributed by atoms with Gasteiger partial charge in [-0.3, -0.25) is 0 Å². The summed E-state index contributed by atoms with van der Waals surface area (Å²) in [6, 6.07) is 77.0. The third-order valence-corrected chi connectivity index (χ3v) is 20.2. The summed E-state index contributed by atoms with van der Waals surface area (Å²) in [5.41, 5.74) is 12.1. The van der Waals surface area contributed by atoms with E-state index in [1.807, 2.05) is 109 Å². The molecule has 0 radical (unpaired) electrons. The average molecular weight is 1830 g/mol. The Bertz CT molecular complexity index is 6930. The number of methoxy groups -OCH3 is 1. The summed E-state index contributed by atoms with van der Waals surface area (Å²) in [6.07, 6.45) is 4.69. The normalized spacial score (nSPS) is 10.4. The van der Waals surface area contributed by atoms with Gasteiger partial charge >= 0.3 is 59.0 Å². The Morgan fingerprint density at radius 1 is 0.279 bits per heavy atom. The molecule has 0 saturated heterocycles. The molecule has 0 aliphatic heterocycles. The summed E-state index contributed by atoms with van der Waals surface area (Å²) in [7, 11) is 1.58. The minimum Gasteiger partial charge on any atom is -0.497 e. The second-order valence-electron chi connectivity index (χ2n) is 31.8. The molecule has 0 fully saturated rings. The van der Waals surface area contributed by atoms with Crippen LogP contribution in [0.15, 0.2) is 376 Å². The molecule has 0 unspecified atom stereocenters. The lowest BCUT2D eigenvalue weighted by Gasteiger charge is -2.09. The fourth-order valence-electron chi connectivity index (χ4n) is 12.7. The van der Waals surface area contributed by atoms with E-state index in [1.54, 1.807) is 196 Å². The highest BCUT2D eigenvalue weighted by Crippen LogP contribution is 2.36. The van der Waals surface area contributed by atoms with Gasteiger partial charge in [0.05, 0.1) is 24.8 Å². The van der Waals surface area contributed by atoms with Gasteiger partial charge < -0.3 is 51.5 Å². The highest BCUT2D eigenvalue weighted by atomic mass is 19.1. The Morgan fingerprint density at radius 3 is 0.934 bits per heavy atom. The number of hydrogen-bond acceptors (Lipinski definition) is 21. The van der Waals surface area contributed by atoms with Crippen LogP contribution < -0.4 is 49.1 Å². The van der Waals surface area contributed by atoms with Gasteiger partial charge in [0, 0.05) is 67.0 Å². The molecule has 0 aliphatic rings. The number of ether oxygens (including phenoxy) is 9. The molecule has 14 aromatic rings. The van der Waals surface area contributed by atoms with Crippen LogP contribution in [-0.4, -0.2) is 61.5 Å². The summed E-state index contributed by atoms with van der Waals surface area (Å²) in [6.45, 7) is 43.7. The molecule has 21 nitrogen and oxygen atoms in total. The zero-order valence-electron chi connectivity index (χ0n) is 77.2. The lowest BCUT2D eigenvalue weighted by Crippen LogP contribution is -2.08. The smallest absolute Gasteiger partial charge is 0.344 e. The Hall–Kier alpha value is -17.0. The van der Waals surface area contributed by atoms with Crippen LogP contribution in [0.3, 0.4) is 0 Å². The Balaban J connectivity index is 0.000000177. The molecule has 136 heavy (non-hydrogen) atoms. The van der Waals surface area contributed by atoms with Crippen molar-refractivity contribution < 1.29 is 94.2 Å². The minimum atomic E-state index is -0.531. The van der Waals surface area contributed by atoms with Crippen molar-refractivity contribution in [2.45, 2.75) is 94.4 Å². The first-order valence-corrected chi connectivity index (χ1v) is 42.9. The quantitative estimate of drug-likeness (QED) is 0.0110. The molecule has 2 heterocycles. The maximum absolute atomic E-state index is 14.9. The first kappa shape index (κ1) is 101. The fraction of sp³-hybridized carbons (Fsp3) is 0.140. The van der Waals surface area contributed by atoms with Crippen molar-refractivity contribution >= 4 is 91.2 Å². The monoisotopic (exact) mass is 1820 g/mol. The number of esters is 8. The van der Waals surface area contributed by atoms with Crippen LogP contribution in [0.25, 0.3) is 99.1 Å². The molecule has 12 aromatic carbocycles. The molecule has 0 saturated carbocycles. The van der Waals surface area contributed by atoms with E-state index >= 15 is 0 Å². The van der Waals surface area contributed by atoms with Gasteiger partial charge in [-0.05, 0) is 274 Å². The predicted molar refractivity (Wildman–Crippen MR) is 529 cm³/mol. The van der Waals surface area contributed by atoms with E-state index in [1.165, 1.54) is 17.7 Å². The van der Waals surface area contributed by atoms with Gasteiger partial charge in [-0.1, -0.05) is 199 Å². The van der Waals surface area contributed by atoms with Crippen molar-refractivity contribution in [3.8, 4) is 102 Å². The Kier molecular flexibility index (Phi) is 35.5. The predicted octanol–water partition coefficient (Wildman–Crippen LogP) is 25.2. The molecule has 22 heteroatoms. The van der Waals surface area contributed by atoms with Crippen molar-refractivity contribution in [2.75, 3.05) is 13.7 Å². The van der Waals surface area contributed by atoms with Gasteiger partial charge in [0.15, 0.2) is 0 Å². The van der Waals surface area contributed by atoms with Gasteiger partial charge in [0.2, 0.25) is 0 Å². The van der Waals surface area contributed by atoms with E-state index in [0.717, 1.165) is 91.4 Å². The molecule has 14 rings (SSSR count). The summed E-state index contributed by atoms with van der Waals surface area (Å²) in [5, 5.41) is 5.50. The first-order valence-electron chi connectivity index (χ1n) is 42.9. The van der Waals surface area contributed by atoms with Crippen molar-refractivity contribution in [3.05, 3.63) is 396 Å². The van der Waals surface area contributed by atoms with Gasteiger partial charge in [-0.2, -0.15) is 0 Å².